The largest absolute Gasteiger partial charge is 0.462 e. The van der Waals surface area contributed by atoms with Crippen LogP contribution in [0.2, 0.25) is 0 Å². The van der Waals surface area contributed by atoms with Crippen molar-refractivity contribution in [3.8, 4) is 0 Å². The zero-order valence-corrected chi connectivity index (χ0v) is 10.7. The van der Waals surface area contributed by atoms with Gasteiger partial charge >= 0.3 is 5.97 Å². The molecule has 0 unspecified atom stereocenters. The number of rotatable bonds is 6. The topological polar surface area (TPSA) is 52.3 Å². The van der Waals surface area contributed by atoms with Gasteiger partial charge in [0.15, 0.2) is 0 Å². The first-order chi connectivity index (χ1) is 8.15. The predicted molar refractivity (Wildman–Crippen MR) is 70.0 cm³/mol. The quantitative estimate of drug-likeness (QED) is 0.467. The van der Waals surface area contributed by atoms with Crippen LogP contribution in [0.15, 0.2) is 18.2 Å². The summed E-state index contributed by atoms with van der Waals surface area (Å²) in [5, 5.41) is 0. The Labute approximate surface area is 103 Å². The number of aryl methyl sites for hydroxylation is 1. The Balaban J connectivity index is 2.44. The van der Waals surface area contributed by atoms with E-state index in [0.29, 0.717) is 17.9 Å². The molecule has 0 aromatic heterocycles. The van der Waals surface area contributed by atoms with E-state index in [4.69, 9.17) is 10.5 Å². The third-order valence-electron chi connectivity index (χ3n) is 2.71. The highest BCUT2D eigenvalue weighted by atomic mass is 16.5. The van der Waals surface area contributed by atoms with Gasteiger partial charge in [-0.25, -0.2) is 4.79 Å². The Morgan fingerprint density at radius 3 is 2.76 bits per heavy atom. The summed E-state index contributed by atoms with van der Waals surface area (Å²) in [5.74, 6) is -0.272. The van der Waals surface area contributed by atoms with Gasteiger partial charge in [0.1, 0.15) is 0 Å². The van der Waals surface area contributed by atoms with Gasteiger partial charge in [-0.1, -0.05) is 32.3 Å². The number of anilines is 1. The molecule has 0 spiro atoms. The maximum atomic E-state index is 11.8. The molecule has 0 aliphatic carbocycles. The molecule has 0 aliphatic rings. The Morgan fingerprint density at radius 2 is 2.06 bits per heavy atom. The van der Waals surface area contributed by atoms with Gasteiger partial charge in [-0.3, -0.25) is 0 Å². The van der Waals surface area contributed by atoms with E-state index in [-0.39, 0.29) is 5.97 Å². The fraction of sp³-hybridized carbons (Fsp3) is 0.500. The molecule has 1 aromatic rings. The lowest BCUT2D eigenvalue weighted by Crippen LogP contribution is -2.08. The zero-order valence-electron chi connectivity index (χ0n) is 10.7. The molecular weight excluding hydrogens is 214 g/mol. The van der Waals surface area contributed by atoms with Crippen LogP contribution in [-0.4, -0.2) is 12.6 Å². The van der Waals surface area contributed by atoms with E-state index in [1.54, 1.807) is 12.1 Å². The first-order valence-electron chi connectivity index (χ1n) is 6.18. The number of hydrogen-bond acceptors (Lipinski definition) is 3. The molecule has 0 radical (unpaired) electrons. The molecule has 94 valence electrons. The SMILES string of the molecule is CCCCCCOC(=O)c1cc(N)ccc1C. The van der Waals surface area contributed by atoms with Crippen molar-refractivity contribution in [2.45, 2.75) is 39.5 Å². The summed E-state index contributed by atoms with van der Waals surface area (Å²) in [5.41, 5.74) is 7.71. The maximum absolute atomic E-state index is 11.8. The molecule has 0 aliphatic heterocycles. The van der Waals surface area contributed by atoms with Crippen LogP contribution in [0.4, 0.5) is 5.69 Å². The highest BCUT2D eigenvalue weighted by Crippen LogP contribution is 2.14. The first-order valence-corrected chi connectivity index (χ1v) is 6.18. The lowest BCUT2D eigenvalue weighted by Gasteiger charge is -2.07. The van der Waals surface area contributed by atoms with E-state index in [1.807, 2.05) is 13.0 Å². The summed E-state index contributed by atoms with van der Waals surface area (Å²) in [6.07, 6.45) is 4.41. The minimum atomic E-state index is -0.272. The van der Waals surface area contributed by atoms with Crippen LogP contribution in [0.3, 0.4) is 0 Å². The lowest BCUT2D eigenvalue weighted by atomic mass is 10.1. The van der Waals surface area contributed by atoms with Crippen molar-refractivity contribution in [2.75, 3.05) is 12.3 Å². The van der Waals surface area contributed by atoms with Crippen LogP contribution >= 0.6 is 0 Å². The molecular formula is C14H21NO2. The van der Waals surface area contributed by atoms with Crippen LogP contribution in [-0.2, 0) is 4.74 Å². The first kappa shape index (κ1) is 13.6. The molecule has 2 N–H and O–H groups in total. The molecule has 0 amide bonds. The van der Waals surface area contributed by atoms with Gasteiger partial charge in [-0.2, -0.15) is 0 Å². The van der Waals surface area contributed by atoms with Gasteiger partial charge < -0.3 is 10.5 Å². The third-order valence-corrected chi connectivity index (χ3v) is 2.71. The number of benzene rings is 1. The lowest BCUT2D eigenvalue weighted by molar-refractivity contribution is 0.0497. The summed E-state index contributed by atoms with van der Waals surface area (Å²) < 4.78 is 5.22. The molecule has 3 nitrogen and oxygen atoms in total. The third kappa shape index (κ3) is 4.47. The van der Waals surface area contributed by atoms with Crippen molar-refractivity contribution in [3.05, 3.63) is 29.3 Å². The number of nitrogens with two attached hydrogens (primary N) is 1. The van der Waals surface area contributed by atoms with Gasteiger partial charge in [0.05, 0.1) is 12.2 Å². The van der Waals surface area contributed by atoms with Crippen LogP contribution in [0, 0.1) is 6.92 Å². The molecule has 3 heteroatoms. The fourth-order valence-corrected chi connectivity index (χ4v) is 1.63. The van der Waals surface area contributed by atoms with E-state index >= 15 is 0 Å². The van der Waals surface area contributed by atoms with Crippen LogP contribution in [0.25, 0.3) is 0 Å². The molecule has 0 atom stereocenters. The minimum absolute atomic E-state index is 0.272. The molecule has 0 heterocycles. The predicted octanol–water partition coefficient (Wildman–Crippen LogP) is 3.31. The van der Waals surface area contributed by atoms with Crippen LogP contribution < -0.4 is 5.73 Å². The average molecular weight is 235 g/mol. The van der Waals surface area contributed by atoms with Gasteiger partial charge in [-0.15, -0.1) is 0 Å². The Morgan fingerprint density at radius 1 is 1.29 bits per heavy atom. The van der Waals surface area contributed by atoms with Crippen molar-refractivity contribution in [2.24, 2.45) is 0 Å². The molecule has 1 aromatic carbocycles. The molecule has 1 rings (SSSR count). The smallest absolute Gasteiger partial charge is 0.338 e. The van der Waals surface area contributed by atoms with E-state index < -0.39 is 0 Å². The molecule has 0 saturated carbocycles. The number of esters is 1. The summed E-state index contributed by atoms with van der Waals surface area (Å²) in [6, 6.07) is 5.29. The number of nitrogen functional groups attached to an aromatic ring is 1. The van der Waals surface area contributed by atoms with Crippen LogP contribution in [0.1, 0.15) is 48.5 Å². The van der Waals surface area contributed by atoms with Crippen molar-refractivity contribution >= 4 is 11.7 Å². The van der Waals surface area contributed by atoms with E-state index in [2.05, 4.69) is 6.92 Å². The second kappa shape index (κ2) is 6.94. The van der Waals surface area contributed by atoms with Gasteiger partial charge in [0.2, 0.25) is 0 Å². The van der Waals surface area contributed by atoms with Gasteiger partial charge in [0.25, 0.3) is 0 Å². The molecule has 0 bridgehead atoms. The van der Waals surface area contributed by atoms with E-state index in [0.717, 1.165) is 18.4 Å². The summed E-state index contributed by atoms with van der Waals surface area (Å²) >= 11 is 0. The molecule has 17 heavy (non-hydrogen) atoms. The highest BCUT2D eigenvalue weighted by Gasteiger charge is 2.10. The number of unbranched alkanes of at least 4 members (excludes halogenated alkanes) is 3. The Bertz CT molecular complexity index is 374. The number of carbonyl (C=O) groups is 1. The second-order valence-corrected chi connectivity index (χ2v) is 4.27. The van der Waals surface area contributed by atoms with Crippen LogP contribution in [0.5, 0.6) is 0 Å². The van der Waals surface area contributed by atoms with E-state index in [1.165, 1.54) is 12.8 Å². The molecule has 0 fully saturated rings. The standard InChI is InChI=1S/C14H21NO2/c1-3-4-5-6-9-17-14(16)13-10-12(15)8-7-11(13)2/h7-8,10H,3-6,9,15H2,1-2H3. The van der Waals surface area contributed by atoms with Crippen molar-refractivity contribution in [1.82, 2.24) is 0 Å². The second-order valence-electron chi connectivity index (χ2n) is 4.27. The highest BCUT2D eigenvalue weighted by molar-refractivity contribution is 5.92. The minimum Gasteiger partial charge on any atom is -0.462 e. The van der Waals surface area contributed by atoms with Gasteiger partial charge in [-0.05, 0) is 31.0 Å². The monoisotopic (exact) mass is 235 g/mol. The van der Waals surface area contributed by atoms with Gasteiger partial charge in [0, 0.05) is 5.69 Å². The Kier molecular flexibility index (Phi) is 5.53. The summed E-state index contributed by atoms with van der Waals surface area (Å²) in [7, 11) is 0. The van der Waals surface area contributed by atoms with Crippen molar-refractivity contribution < 1.29 is 9.53 Å². The number of carbonyl (C=O) groups excluding carboxylic acids is 1. The normalized spacial score (nSPS) is 10.2. The van der Waals surface area contributed by atoms with Crippen molar-refractivity contribution in [3.63, 3.8) is 0 Å². The zero-order chi connectivity index (χ0) is 12.7. The average Bonchev–Trinajstić information content (AvgIpc) is 2.32. The maximum Gasteiger partial charge on any atom is 0.338 e. The summed E-state index contributed by atoms with van der Waals surface area (Å²) in [6.45, 7) is 4.53. The fourth-order valence-electron chi connectivity index (χ4n) is 1.63. The summed E-state index contributed by atoms with van der Waals surface area (Å²) in [4.78, 5) is 11.8. The Hall–Kier alpha value is -1.51. The van der Waals surface area contributed by atoms with Crippen molar-refractivity contribution in [1.29, 1.82) is 0 Å². The molecule has 0 saturated heterocycles. The number of hydrogen-bond donors (Lipinski definition) is 1. The number of ether oxygens (including phenoxy) is 1. The van der Waals surface area contributed by atoms with E-state index in [9.17, 15) is 4.79 Å².